The van der Waals surface area contributed by atoms with Crippen LogP contribution >= 0.6 is 0 Å². The number of H-pyrrole nitrogens is 1. The summed E-state index contributed by atoms with van der Waals surface area (Å²) in [5.41, 5.74) is 1.26. The minimum atomic E-state index is -1.04. The molecule has 0 saturated carbocycles. The van der Waals surface area contributed by atoms with Crippen LogP contribution in [0.4, 0.5) is 34.8 Å². The summed E-state index contributed by atoms with van der Waals surface area (Å²) in [6.07, 6.45) is 1.00. The SMILES string of the molecule is Cc1cc2c(F)c(Oc3ncnc(Nc4ccc(N5CCN(C)CC5)c(F)c4)c3F)cc(F)c2[nH]1. The second-order valence-corrected chi connectivity index (χ2v) is 8.44. The molecule has 1 fully saturated rings. The molecule has 0 radical (unpaired) electrons. The lowest BCUT2D eigenvalue weighted by atomic mass is 10.2. The second-order valence-electron chi connectivity index (χ2n) is 8.44. The van der Waals surface area contributed by atoms with Crippen LogP contribution in [0.25, 0.3) is 10.9 Å². The smallest absolute Gasteiger partial charge is 0.261 e. The van der Waals surface area contributed by atoms with E-state index in [9.17, 15) is 13.2 Å². The molecule has 7 nitrogen and oxygen atoms in total. The number of rotatable bonds is 5. The van der Waals surface area contributed by atoms with Crippen molar-refractivity contribution >= 4 is 28.1 Å². The summed E-state index contributed by atoms with van der Waals surface area (Å²) in [6.45, 7) is 4.71. The quantitative estimate of drug-likeness (QED) is 0.382. The van der Waals surface area contributed by atoms with E-state index >= 15 is 4.39 Å². The van der Waals surface area contributed by atoms with E-state index in [2.05, 4.69) is 25.2 Å². The Morgan fingerprint density at radius 2 is 1.71 bits per heavy atom. The maximum atomic E-state index is 15.1. The average molecular weight is 486 g/mol. The number of halogens is 4. The van der Waals surface area contributed by atoms with E-state index in [1.807, 2.05) is 11.9 Å². The number of piperazine rings is 1. The Morgan fingerprint density at radius 3 is 2.46 bits per heavy atom. The topological polar surface area (TPSA) is 69.3 Å². The van der Waals surface area contributed by atoms with Gasteiger partial charge in [-0.15, -0.1) is 0 Å². The van der Waals surface area contributed by atoms with Crippen LogP contribution in [-0.2, 0) is 0 Å². The van der Waals surface area contributed by atoms with Gasteiger partial charge in [0.2, 0.25) is 5.82 Å². The summed E-state index contributed by atoms with van der Waals surface area (Å²) >= 11 is 0. The number of benzene rings is 2. The predicted molar refractivity (Wildman–Crippen MR) is 124 cm³/mol. The zero-order chi connectivity index (χ0) is 24.7. The maximum Gasteiger partial charge on any atom is 0.261 e. The van der Waals surface area contributed by atoms with Gasteiger partial charge in [0.1, 0.15) is 12.1 Å². The van der Waals surface area contributed by atoms with Crippen molar-refractivity contribution < 1.29 is 22.3 Å². The van der Waals surface area contributed by atoms with Gasteiger partial charge in [-0.3, -0.25) is 0 Å². The van der Waals surface area contributed by atoms with Gasteiger partial charge in [-0.05, 0) is 38.2 Å². The number of likely N-dealkylation sites (N-methyl/N-ethyl adjacent to an activating group) is 1. The molecule has 1 saturated heterocycles. The van der Waals surface area contributed by atoms with Crippen molar-refractivity contribution in [2.24, 2.45) is 0 Å². The van der Waals surface area contributed by atoms with Crippen LogP contribution in [-0.4, -0.2) is 53.1 Å². The molecule has 2 aromatic carbocycles. The average Bonchev–Trinajstić information content (AvgIpc) is 3.23. The Bertz CT molecular complexity index is 1400. The summed E-state index contributed by atoms with van der Waals surface area (Å²) in [7, 11) is 2.01. The number of hydrogen-bond donors (Lipinski definition) is 2. The lowest BCUT2D eigenvalue weighted by molar-refractivity contribution is 0.311. The lowest BCUT2D eigenvalue weighted by Crippen LogP contribution is -2.44. The van der Waals surface area contributed by atoms with E-state index in [0.29, 0.717) is 24.5 Å². The highest BCUT2D eigenvalue weighted by Crippen LogP contribution is 2.34. The molecule has 0 bridgehead atoms. The van der Waals surface area contributed by atoms with Crippen molar-refractivity contribution in [2.75, 3.05) is 43.4 Å². The van der Waals surface area contributed by atoms with Gasteiger partial charge in [-0.2, -0.15) is 9.37 Å². The van der Waals surface area contributed by atoms with Gasteiger partial charge in [0.05, 0.1) is 11.2 Å². The minimum Gasteiger partial charge on any atom is -0.433 e. The highest BCUT2D eigenvalue weighted by atomic mass is 19.1. The Hall–Kier alpha value is -3.86. The molecule has 1 aliphatic heterocycles. The molecule has 182 valence electrons. The summed E-state index contributed by atoms with van der Waals surface area (Å²) < 4.78 is 64.3. The van der Waals surface area contributed by atoms with E-state index in [1.165, 1.54) is 12.1 Å². The van der Waals surface area contributed by atoms with Crippen LogP contribution in [0.5, 0.6) is 11.6 Å². The van der Waals surface area contributed by atoms with Crippen molar-refractivity contribution in [3.63, 3.8) is 0 Å². The lowest BCUT2D eigenvalue weighted by Gasteiger charge is -2.34. The van der Waals surface area contributed by atoms with E-state index in [4.69, 9.17) is 4.74 Å². The Labute approximate surface area is 198 Å². The molecule has 2 aromatic heterocycles. The van der Waals surface area contributed by atoms with Gasteiger partial charge >= 0.3 is 0 Å². The number of aromatic amines is 1. The van der Waals surface area contributed by atoms with Crippen LogP contribution < -0.4 is 15.0 Å². The summed E-state index contributed by atoms with van der Waals surface area (Å²) in [6, 6.07) is 6.70. The molecule has 35 heavy (non-hydrogen) atoms. The van der Waals surface area contributed by atoms with Gasteiger partial charge in [0.25, 0.3) is 5.88 Å². The predicted octanol–water partition coefficient (Wildman–Crippen LogP) is 5.11. The maximum absolute atomic E-state index is 15.1. The van der Waals surface area contributed by atoms with Crippen LogP contribution in [0.3, 0.4) is 0 Å². The third kappa shape index (κ3) is 4.46. The first kappa shape index (κ1) is 22.9. The summed E-state index contributed by atoms with van der Waals surface area (Å²) in [5, 5.41) is 2.66. The Morgan fingerprint density at radius 1 is 0.943 bits per heavy atom. The molecule has 4 aromatic rings. The summed E-state index contributed by atoms with van der Waals surface area (Å²) in [5.74, 6) is -4.56. The highest BCUT2D eigenvalue weighted by Gasteiger charge is 2.21. The Kier molecular flexibility index (Phi) is 5.93. The molecule has 0 unspecified atom stereocenters. The van der Waals surface area contributed by atoms with E-state index in [1.54, 1.807) is 19.1 Å². The standard InChI is InChI=1S/C24H22F4N6O/c1-13-9-15-20(27)19(11-17(26)22(15)31-13)35-24-21(28)23(29-12-30-24)32-14-3-4-18(16(25)10-14)34-7-5-33(2)6-8-34/h3-4,9-12,31H,5-8H2,1-2H3,(H,29,30,32). The van der Waals surface area contributed by atoms with Gasteiger partial charge < -0.3 is 24.8 Å². The van der Waals surface area contributed by atoms with Crippen LogP contribution in [0.15, 0.2) is 36.7 Å². The number of hydrogen-bond acceptors (Lipinski definition) is 6. The van der Waals surface area contributed by atoms with Gasteiger partial charge in [-0.1, -0.05) is 0 Å². The van der Waals surface area contributed by atoms with Crippen molar-refractivity contribution in [3.8, 4) is 11.6 Å². The van der Waals surface area contributed by atoms with Crippen molar-refractivity contribution in [1.82, 2.24) is 19.9 Å². The molecule has 11 heteroatoms. The monoisotopic (exact) mass is 486 g/mol. The van der Waals surface area contributed by atoms with E-state index < -0.39 is 34.9 Å². The van der Waals surface area contributed by atoms with Gasteiger partial charge in [-0.25, -0.2) is 18.2 Å². The molecular formula is C24H22F4N6O. The van der Waals surface area contributed by atoms with Crippen LogP contribution in [0, 0.1) is 30.2 Å². The molecule has 0 atom stereocenters. The van der Waals surface area contributed by atoms with Gasteiger partial charge in [0.15, 0.2) is 23.2 Å². The molecule has 1 aliphatic rings. The fourth-order valence-corrected chi connectivity index (χ4v) is 4.05. The number of nitrogens with zero attached hydrogens (tertiary/aromatic N) is 4. The normalized spacial score (nSPS) is 14.5. The molecule has 2 N–H and O–H groups in total. The Balaban J connectivity index is 1.38. The van der Waals surface area contributed by atoms with Crippen LogP contribution in [0.1, 0.15) is 5.69 Å². The minimum absolute atomic E-state index is 0.0140. The first-order valence-electron chi connectivity index (χ1n) is 11.0. The first-order chi connectivity index (χ1) is 16.8. The third-order valence-corrected chi connectivity index (χ3v) is 5.92. The van der Waals surface area contributed by atoms with Gasteiger partial charge in [0, 0.05) is 49.0 Å². The zero-order valence-corrected chi connectivity index (χ0v) is 19.0. The zero-order valence-electron chi connectivity index (χ0n) is 19.0. The van der Waals surface area contributed by atoms with Crippen molar-refractivity contribution in [1.29, 1.82) is 0 Å². The third-order valence-electron chi connectivity index (χ3n) is 5.92. The number of aromatic nitrogens is 3. The molecule has 5 rings (SSSR count). The van der Waals surface area contributed by atoms with E-state index in [0.717, 1.165) is 25.5 Å². The largest absolute Gasteiger partial charge is 0.433 e. The highest BCUT2D eigenvalue weighted by molar-refractivity contribution is 5.83. The van der Waals surface area contributed by atoms with E-state index in [-0.39, 0.29) is 22.4 Å². The van der Waals surface area contributed by atoms with Crippen molar-refractivity contribution in [3.05, 3.63) is 65.6 Å². The first-order valence-corrected chi connectivity index (χ1v) is 11.0. The fourth-order valence-electron chi connectivity index (χ4n) is 4.05. The number of anilines is 3. The molecule has 0 aliphatic carbocycles. The van der Waals surface area contributed by atoms with Crippen LogP contribution in [0.2, 0.25) is 0 Å². The number of ether oxygens (including phenoxy) is 1. The summed E-state index contributed by atoms with van der Waals surface area (Å²) in [4.78, 5) is 14.4. The number of fused-ring (bicyclic) bond motifs is 1. The molecule has 0 spiro atoms. The molecular weight excluding hydrogens is 464 g/mol. The second kappa shape index (κ2) is 9.06. The number of nitrogens with one attached hydrogen (secondary N) is 2. The van der Waals surface area contributed by atoms with Crippen molar-refractivity contribution in [2.45, 2.75) is 6.92 Å². The number of aryl methyl sites for hydroxylation is 1. The molecule has 3 heterocycles. The fraction of sp³-hybridized carbons (Fsp3) is 0.250. The molecule has 0 amide bonds.